The lowest BCUT2D eigenvalue weighted by Gasteiger charge is -2.04. The normalized spacial score (nSPS) is 11.4. The first-order valence-electron chi connectivity index (χ1n) is 7.89. The van der Waals surface area contributed by atoms with Crippen LogP contribution in [0.25, 0.3) is 0 Å². The molecule has 1 aromatic carbocycles. The summed E-state index contributed by atoms with van der Waals surface area (Å²) in [7, 11) is -3.68. The van der Waals surface area contributed by atoms with Gasteiger partial charge in [-0.2, -0.15) is 8.42 Å². The molecule has 0 bridgehead atoms. The van der Waals surface area contributed by atoms with Gasteiger partial charge in [0.05, 0.1) is 22.7 Å². The molecule has 10 heteroatoms. The minimum atomic E-state index is -3.68. The number of aromatic nitrogens is 1. The fraction of sp³-hybridized carbons (Fsp3) is 0.176. The number of hydrogen-bond donors (Lipinski definition) is 1. The zero-order valence-corrected chi connectivity index (χ0v) is 17.1. The van der Waals surface area contributed by atoms with Gasteiger partial charge in [0, 0.05) is 12.1 Å². The number of nitrogens with one attached hydrogen (secondary N) is 1. The fourth-order valence-electron chi connectivity index (χ4n) is 2.14. The highest BCUT2D eigenvalue weighted by atomic mass is 35.5. The van der Waals surface area contributed by atoms with Crippen molar-refractivity contribution < 1.29 is 17.4 Å². The van der Waals surface area contributed by atoms with Crippen LogP contribution in [0.15, 0.2) is 52.2 Å². The third kappa shape index (κ3) is 5.14. The van der Waals surface area contributed by atoms with Crippen molar-refractivity contribution in [3.63, 3.8) is 0 Å². The van der Waals surface area contributed by atoms with E-state index in [1.54, 1.807) is 35.7 Å². The fourth-order valence-corrected chi connectivity index (χ4v) is 5.09. The Labute approximate surface area is 169 Å². The van der Waals surface area contributed by atoms with Gasteiger partial charge < -0.3 is 5.32 Å². The molecule has 0 aliphatic rings. The van der Waals surface area contributed by atoms with Crippen LogP contribution in [-0.2, 0) is 14.3 Å². The number of rotatable bonds is 9. The lowest BCUT2D eigenvalue weighted by molar-refractivity contribution is 0.104. The van der Waals surface area contributed by atoms with E-state index < -0.39 is 10.1 Å². The van der Waals surface area contributed by atoms with E-state index in [2.05, 4.69) is 10.3 Å². The number of hydrogen-bond acceptors (Lipinski definition) is 8. The molecular formula is C17H15ClN2O4S3. The minimum Gasteiger partial charge on any atom is -0.361 e. The van der Waals surface area contributed by atoms with Crippen molar-refractivity contribution in [1.29, 1.82) is 0 Å². The summed E-state index contributed by atoms with van der Waals surface area (Å²) >= 11 is 8.39. The lowest BCUT2D eigenvalue weighted by atomic mass is 10.1. The van der Waals surface area contributed by atoms with E-state index in [-0.39, 0.29) is 16.6 Å². The number of thiophene rings is 1. The van der Waals surface area contributed by atoms with Crippen molar-refractivity contribution in [2.45, 2.75) is 10.6 Å². The maximum absolute atomic E-state index is 12.5. The Hall–Kier alpha value is -1.78. The van der Waals surface area contributed by atoms with Crippen molar-refractivity contribution in [2.75, 3.05) is 18.5 Å². The zero-order valence-electron chi connectivity index (χ0n) is 13.9. The largest absolute Gasteiger partial charge is 0.361 e. The highest BCUT2D eigenvalue weighted by Gasteiger charge is 2.17. The van der Waals surface area contributed by atoms with Crippen LogP contribution >= 0.6 is 34.3 Å². The molecule has 2 heterocycles. The Bertz CT molecular complexity index is 1020. The SMILES string of the molecule is O=C(c1cnc(NCCCOS(=O)(=O)c2cccs2)s1)c1ccccc1Cl. The van der Waals surface area contributed by atoms with Crippen LogP contribution in [0, 0.1) is 0 Å². The molecular weight excluding hydrogens is 428 g/mol. The van der Waals surface area contributed by atoms with Crippen molar-refractivity contribution in [2.24, 2.45) is 0 Å². The van der Waals surface area contributed by atoms with Crippen LogP contribution in [0.4, 0.5) is 5.13 Å². The number of anilines is 1. The van der Waals surface area contributed by atoms with Gasteiger partial charge in [-0.05, 0) is 30.0 Å². The molecule has 0 unspecified atom stereocenters. The van der Waals surface area contributed by atoms with Gasteiger partial charge in [-0.25, -0.2) is 4.98 Å². The number of carbonyl (C=O) groups is 1. The van der Waals surface area contributed by atoms with Crippen LogP contribution in [0.5, 0.6) is 0 Å². The van der Waals surface area contributed by atoms with Crippen LogP contribution in [-0.4, -0.2) is 32.3 Å². The predicted molar refractivity (Wildman–Crippen MR) is 108 cm³/mol. The predicted octanol–water partition coefficient (Wildman–Crippen LogP) is 4.30. The van der Waals surface area contributed by atoms with Gasteiger partial charge >= 0.3 is 10.1 Å². The third-order valence-corrected chi connectivity index (χ3v) is 7.38. The quantitative estimate of drug-likeness (QED) is 0.302. The molecule has 0 saturated heterocycles. The van der Waals surface area contributed by atoms with E-state index in [4.69, 9.17) is 15.8 Å². The molecule has 0 fully saturated rings. The van der Waals surface area contributed by atoms with Crippen LogP contribution in [0.3, 0.4) is 0 Å². The molecule has 0 amide bonds. The average molecular weight is 443 g/mol. The first-order valence-corrected chi connectivity index (χ1v) is 11.4. The summed E-state index contributed by atoms with van der Waals surface area (Å²) in [5.74, 6) is -0.184. The molecule has 6 nitrogen and oxygen atoms in total. The maximum atomic E-state index is 12.5. The summed E-state index contributed by atoms with van der Waals surface area (Å²) in [4.78, 5) is 17.1. The third-order valence-electron chi connectivity index (χ3n) is 3.43. The summed E-state index contributed by atoms with van der Waals surface area (Å²) in [6.07, 6.45) is 1.97. The van der Waals surface area contributed by atoms with Gasteiger partial charge in [-0.15, -0.1) is 11.3 Å². The molecule has 0 saturated carbocycles. The van der Waals surface area contributed by atoms with Gasteiger partial charge in [-0.1, -0.05) is 41.1 Å². The lowest BCUT2D eigenvalue weighted by Crippen LogP contribution is -2.10. The Morgan fingerprint density at radius 2 is 2.04 bits per heavy atom. The Morgan fingerprint density at radius 3 is 2.78 bits per heavy atom. The molecule has 142 valence electrons. The molecule has 0 aliphatic heterocycles. The molecule has 3 aromatic rings. The van der Waals surface area contributed by atoms with Crippen LogP contribution in [0.2, 0.25) is 5.02 Å². The van der Waals surface area contributed by atoms with Crippen molar-refractivity contribution in [1.82, 2.24) is 4.98 Å². The summed E-state index contributed by atoms with van der Waals surface area (Å²) < 4.78 is 28.9. The smallest absolute Gasteiger partial charge is 0.306 e. The van der Waals surface area contributed by atoms with Gasteiger partial charge in [0.25, 0.3) is 0 Å². The average Bonchev–Trinajstić information content (AvgIpc) is 3.34. The zero-order chi connectivity index (χ0) is 19.3. The Kier molecular flexibility index (Phi) is 6.61. The van der Waals surface area contributed by atoms with Crippen molar-refractivity contribution in [3.05, 3.63) is 63.4 Å². The second kappa shape index (κ2) is 8.94. The number of carbonyl (C=O) groups excluding carboxylic acids is 1. The van der Waals surface area contributed by atoms with E-state index in [1.807, 2.05) is 0 Å². The summed E-state index contributed by atoms with van der Waals surface area (Å²) in [5.41, 5.74) is 0.432. The van der Waals surface area contributed by atoms with Gasteiger partial charge in [-0.3, -0.25) is 8.98 Å². The second-order valence-corrected chi connectivity index (χ2v) is 9.55. The molecule has 0 aliphatic carbocycles. The van der Waals surface area contributed by atoms with Gasteiger partial charge in [0.15, 0.2) is 5.13 Å². The van der Waals surface area contributed by atoms with E-state index >= 15 is 0 Å². The van der Waals surface area contributed by atoms with Crippen LogP contribution < -0.4 is 5.32 Å². The topological polar surface area (TPSA) is 85.4 Å². The molecule has 3 rings (SSSR count). The summed E-state index contributed by atoms with van der Waals surface area (Å²) in [6.45, 7) is 0.525. The number of halogens is 1. The van der Waals surface area contributed by atoms with E-state index in [9.17, 15) is 13.2 Å². The van der Waals surface area contributed by atoms with E-state index in [1.165, 1.54) is 23.6 Å². The standard InChI is InChI=1S/C17H15ClN2O4S3/c18-13-6-2-1-5-12(13)16(21)14-11-20-17(26-14)19-8-4-9-24-27(22,23)15-7-3-10-25-15/h1-3,5-7,10-11H,4,8-9H2,(H,19,20). The first kappa shape index (κ1) is 20.0. The molecule has 1 N–H and O–H groups in total. The van der Waals surface area contributed by atoms with E-state index in [0.29, 0.717) is 33.6 Å². The van der Waals surface area contributed by atoms with Gasteiger partial charge in [0.2, 0.25) is 5.78 Å². The number of thiazole rings is 1. The highest BCUT2D eigenvalue weighted by molar-refractivity contribution is 7.89. The maximum Gasteiger partial charge on any atom is 0.306 e. The Balaban J connectivity index is 1.48. The molecule has 0 radical (unpaired) electrons. The van der Waals surface area contributed by atoms with Crippen molar-refractivity contribution in [3.8, 4) is 0 Å². The highest BCUT2D eigenvalue weighted by Crippen LogP contribution is 2.25. The monoisotopic (exact) mass is 442 g/mol. The second-order valence-electron chi connectivity index (χ2n) is 5.33. The minimum absolute atomic E-state index is 0.0595. The number of ketones is 1. The van der Waals surface area contributed by atoms with Crippen molar-refractivity contribution >= 4 is 55.3 Å². The molecule has 2 aromatic heterocycles. The molecule has 27 heavy (non-hydrogen) atoms. The number of nitrogens with zero attached hydrogens (tertiary/aromatic N) is 1. The Morgan fingerprint density at radius 1 is 1.22 bits per heavy atom. The molecule has 0 spiro atoms. The number of benzene rings is 1. The summed E-state index contributed by atoms with van der Waals surface area (Å²) in [5, 5.41) is 5.71. The van der Waals surface area contributed by atoms with Gasteiger partial charge in [0.1, 0.15) is 4.21 Å². The van der Waals surface area contributed by atoms with E-state index in [0.717, 1.165) is 11.3 Å². The molecule has 0 atom stereocenters. The van der Waals surface area contributed by atoms with Crippen LogP contribution in [0.1, 0.15) is 21.7 Å². The first-order chi connectivity index (χ1) is 13.0. The summed E-state index contributed by atoms with van der Waals surface area (Å²) in [6, 6.07) is 10.0.